The molecule has 5 aromatic rings. The lowest BCUT2D eigenvalue weighted by molar-refractivity contribution is 0.0946. The van der Waals surface area contributed by atoms with Crippen LogP contribution < -0.4 is 5.32 Å². The normalized spacial score (nSPS) is 10.9. The van der Waals surface area contributed by atoms with E-state index in [2.05, 4.69) is 25.5 Å². The van der Waals surface area contributed by atoms with Crippen molar-refractivity contribution in [1.82, 2.24) is 30.0 Å². The van der Waals surface area contributed by atoms with E-state index >= 15 is 0 Å². The molecule has 0 aliphatic rings. The molecule has 2 aromatic carbocycles. The monoisotopic (exact) mass is 536 g/mol. The molecule has 5 rings (SSSR count). The van der Waals surface area contributed by atoms with Crippen molar-refractivity contribution in [3.63, 3.8) is 0 Å². The molecule has 11 heteroatoms. The molecule has 0 spiro atoms. The van der Waals surface area contributed by atoms with Gasteiger partial charge in [-0.25, -0.2) is 9.37 Å². The molecule has 0 aliphatic heterocycles. The maximum atomic E-state index is 14.8. The average Bonchev–Trinajstić information content (AvgIpc) is 3.55. The second-order valence-electron chi connectivity index (χ2n) is 7.53. The fraction of sp³-hybridized carbons (Fsp3) is 0.0800. The van der Waals surface area contributed by atoms with Crippen molar-refractivity contribution in [2.24, 2.45) is 0 Å². The number of para-hydroxylation sites is 1. The zero-order chi connectivity index (χ0) is 24.9. The van der Waals surface area contributed by atoms with Gasteiger partial charge in [0.1, 0.15) is 16.5 Å². The lowest BCUT2D eigenvalue weighted by atomic mass is 10.2. The standard InChI is InChI=1S/C25H18ClFN6OS2/c26-18-6-2-1-5-17(18)23-31-32-25(33(23)21-8-4-3-7-19(21)27)36-15-22-30-20(14-35-22)24(34)29-13-16-9-11-28-12-10-16/h1-12,14H,13,15H2,(H,29,34). The molecule has 36 heavy (non-hydrogen) atoms. The minimum Gasteiger partial charge on any atom is -0.347 e. The minimum absolute atomic E-state index is 0.255. The van der Waals surface area contributed by atoms with Gasteiger partial charge in [-0.2, -0.15) is 0 Å². The van der Waals surface area contributed by atoms with Crippen LogP contribution in [0.4, 0.5) is 4.39 Å². The topological polar surface area (TPSA) is 85.6 Å². The number of hydrogen-bond acceptors (Lipinski definition) is 7. The molecular weight excluding hydrogens is 519 g/mol. The Bertz CT molecular complexity index is 1510. The van der Waals surface area contributed by atoms with E-state index < -0.39 is 5.82 Å². The smallest absolute Gasteiger partial charge is 0.271 e. The molecule has 1 N–H and O–H groups in total. The van der Waals surface area contributed by atoms with Crippen molar-refractivity contribution in [2.75, 3.05) is 0 Å². The van der Waals surface area contributed by atoms with E-state index in [1.807, 2.05) is 30.3 Å². The Morgan fingerprint density at radius 3 is 2.64 bits per heavy atom. The molecule has 3 aromatic heterocycles. The van der Waals surface area contributed by atoms with E-state index in [4.69, 9.17) is 11.6 Å². The van der Waals surface area contributed by atoms with Crippen LogP contribution in [0.15, 0.2) is 83.6 Å². The van der Waals surface area contributed by atoms with E-state index in [1.54, 1.807) is 46.6 Å². The van der Waals surface area contributed by atoms with E-state index in [0.29, 0.717) is 45.2 Å². The van der Waals surface area contributed by atoms with Crippen LogP contribution in [0.1, 0.15) is 21.1 Å². The first-order chi connectivity index (χ1) is 17.6. The Labute approximate surface area is 219 Å². The highest BCUT2D eigenvalue weighted by Crippen LogP contribution is 2.34. The lowest BCUT2D eigenvalue weighted by Crippen LogP contribution is -2.23. The fourth-order valence-corrected chi connectivity index (χ4v) is 5.37. The Hall–Kier alpha value is -3.60. The molecule has 0 saturated carbocycles. The number of thiazole rings is 1. The first-order valence-corrected chi connectivity index (χ1v) is 13.0. The van der Waals surface area contributed by atoms with Gasteiger partial charge < -0.3 is 5.32 Å². The van der Waals surface area contributed by atoms with Crippen LogP contribution in [0.5, 0.6) is 0 Å². The van der Waals surface area contributed by atoms with Gasteiger partial charge in [0.05, 0.1) is 16.5 Å². The van der Waals surface area contributed by atoms with Crippen molar-refractivity contribution in [1.29, 1.82) is 0 Å². The zero-order valence-corrected chi connectivity index (χ0v) is 21.0. The Morgan fingerprint density at radius 2 is 1.83 bits per heavy atom. The fourth-order valence-electron chi connectivity index (χ4n) is 3.41. The maximum absolute atomic E-state index is 14.8. The van der Waals surface area contributed by atoms with E-state index in [-0.39, 0.29) is 5.91 Å². The SMILES string of the molecule is O=C(NCc1ccncc1)c1csc(CSc2nnc(-c3ccccc3Cl)n2-c2ccccc2F)n1. The molecule has 0 saturated heterocycles. The van der Waals surface area contributed by atoms with E-state index in [0.717, 1.165) is 10.6 Å². The number of thioether (sulfide) groups is 1. The summed E-state index contributed by atoms with van der Waals surface area (Å²) in [5, 5.41) is 14.9. The number of rotatable bonds is 8. The number of aromatic nitrogens is 5. The molecule has 0 fully saturated rings. The minimum atomic E-state index is -0.408. The number of benzene rings is 2. The zero-order valence-electron chi connectivity index (χ0n) is 18.6. The van der Waals surface area contributed by atoms with E-state index in [1.165, 1.54) is 29.2 Å². The summed E-state index contributed by atoms with van der Waals surface area (Å²) in [5.41, 5.74) is 2.25. The van der Waals surface area contributed by atoms with E-state index in [9.17, 15) is 9.18 Å². The molecule has 0 atom stereocenters. The van der Waals surface area contributed by atoms with Crippen molar-refractivity contribution >= 4 is 40.6 Å². The number of nitrogens with zero attached hydrogens (tertiary/aromatic N) is 5. The summed E-state index contributed by atoms with van der Waals surface area (Å²) < 4.78 is 16.5. The molecule has 7 nitrogen and oxygen atoms in total. The van der Waals surface area contributed by atoms with Crippen molar-refractivity contribution in [3.05, 3.63) is 106 Å². The van der Waals surface area contributed by atoms with Gasteiger partial charge in [-0.15, -0.1) is 21.5 Å². The summed E-state index contributed by atoms with van der Waals surface area (Å²) in [5.74, 6) is 0.199. The highest BCUT2D eigenvalue weighted by molar-refractivity contribution is 7.98. The van der Waals surface area contributed by atoms with Crippen LogP contribution in [-0.4, -0.2) is 30.6 Å². The molecule has 3 heterocycles. The Morgan fingerprint density at radius 1 is 1.06 bits per heavy atom. The first-order valence-electron chi connectivity index (χ1n) is 10.8. The van der Waals surface area contributed by atoms with Gasteiger partial charge in [-0.3, -0.25) is 14.3 Å². The summed E-state index contributed by atoms with van der Waals surface area (Å²) in [6.07, 6.45) is 3.35. The number of carbonyl (C=O) groups is 1. The highest BCUT2D eigenvalue weighted by atomic mass is 35.5. The molecule has 0 aliphatic carbocycles. The largest absolute Gasteiger partial charge is 0.347 e. The second kappa shape index (κ2) is 11.0. The number of hydrogen-bond donors (Lipinski definition) is 1. The van der Waals surface area contributed by atoms with Crippen LogP contribution in [0.25, 0.3) is 17.1 Å². The molecule has 0 radical (unpaired) electrons. The third-order valence-corrected chi connectivity index (χ3v) is 7.45. The summed E-state index contributed by atoms with van der Waals surface area (Å²) in [4.78, 5) is 20.9. The van der Waals surface area contributed by atoms with Crippen molar-refractivity contribution < 1.29 is 9.18 Å². The van der Waals surface area contributed by atoms with Crippen LogP contribution >= 0.6 is 34.7 Å². The number of amides is 1. The molecular formula is C25H18ClFN6OS2. The highest BCUT2D eigenvalue weighted by Gasteiger charge is 2.21. The summed E-state index contributed by atoms with van der Waals surface area (Å²) in [6.45, 7) is 0.388. The predicted molar refractivity (Wildman–Crippen MR) is 139 cm³/mol. The van der Waals surface area contributed by atoms with Crippen LogP contribution in [-0.2, 0) is 12.3 Å². The molecule has 1 amide bonds. The Balaban J connectivity index is 1.35. The molecule has 0 bridgehead atoms. The first kappa shape index (κ1) is 24.1. The summed E-state index contributed by atoms with van der Waals surface area (Å²) in [6, 6.07) is 17.3. The third kappa shape index (κ3) is 5.30. The van der Waals surface area contributed by atoms with Gasteiger partial charge in [0.15, 0.2) is 11.0 Å². The Kier molecular flexibility index (Phi) is 7.36. The molecule has 0 unspecified atom stereocenters. The number of halogens is 2. The summed E-state index contributed by atoms with van der Waals surface area (Å²) >= 11 is 9.13. The predicted octanol–water partition coefficient (Wildman–Crippen LogP) is 5.80. The molecule has 180 valence electrons. The quantitative estimate of drug-likeness (QED) is 0.252. The van der Waals surface area contributed by atoms with Gasteiger partial charge in [0, 0.05) is 29.9 Å². The van der Waals surface area contributed by atoms with Gasteiger partial charge in [0.25, 0.3) is 5.91 Å². The second-order valence-corrected chi connectivity index (χ2v) is 9.82. The van der Waals surface area contributed by atoms with Gasteiger partial charge >= 0.3 is 0 Å². The van der Waals surface area contributed by atoms with Crippen LogP contribution in [0.2, 0.25) is 5.02 Å². The van der Waals surface area contributed by atoms with Crippen molar-refractivity contribution in [3.8, 4) is 17.1 Å². The number of pyridine rings is 1. The van der Waals surface area contributed by atoms with Crippen LogP contribution in [0, 0.1) is 5.82 Å². The van der Waals surface area contributed by atoms with Gasteiger partial charge in [0.2, 0.25) is 0 Å². The third-order valence-electron chi connectivity index (χ3n) is 5.15. The van der Waals surface area contributed by atoms with Crippen molar-refractivity contribution in [2.45, 2.75) is 17.5 Å². The number of nitrogens with one attached hydrogen (secondary N) is 1. The van der Waals surface area contributed by atoms with Crippen LogP contribution in [0.3, 0.4) is 0 Å². The average molecular weight is 537 g/mol. The van der Waals surface area contributed by atoms with Gasteiger partial charge in [-0.05, 0) is 42.0 Å². The number of carbonyl (C=O) groups excluding carboxylic acids is 1. The summed E-state index contributed by atoms with van der Waals surface area (Å²) in [7, 11) is 0. The van der Waals surface area contributed by atoms with Gasteiger partial charge in [-0.1, -0.05) is 47.6 Å². The lowest BCUT2D eigenvalue weighted by Gasteiger charge is -2.11. The maximum Gasteiger partial charge on any atom is 0.271 e.